The van der Waals surface area contributed by atoms with Crippen molar-refractivity contribution < 1.29 is 0 Å². The SMILES string of the molecule is Cc1nc2c3c4c(sc3nc(NCCCN(C)C)n2n1)CC[C@@H](C)C4. The minimum atomic E-state index is 0.734. The van der Waals surface area contributed by atoms with Crippen molar-refractivity contribution in [2.45, 2.75) is 39.5 Å². The first-order valence-electron chi connectivity index (χ1n) is 9.09. The highest BCUT2D eigenvalue weighted by Crippen LogP contribution is 2.39. The number of hydrogen-bond donors (Lipinski definition) is 1. The molecule has 0 radical (unpaired) electrons. The molecule has 1 aliphatic rings. The molecule has 0 saturated carbocycles. The second-order valence-corrected chi connectivity index (χ2v) is 8.53. The average Bonchev–Trinajstić information content (AvgIpc) is 3.10. The Morgan fingerprint density at radius 3 is 2.96 bits per heavy atom. The van der Waals surface area contributed by atoms with Gasteiger partial charge in [-0.05, 0) is 64.7 Å². The minimum Gasteiger partial charge on any atom is -0.354 e. The second kappa shape index (κ2) is 6.53. The van der Waals surface area contributed by atoms with Crippen LogP contribution in [0, 0.1) is 12.8 Å². The van der Waals surface area contributed by atoms with Gasteiger partial charge in [-0.25, -0.2) is 9.97 Å². The highest BCUT2D eigenvalue weighted by Gasteiger charge is 2.24. The number of nitrogens with one attached hydrogen (secondary N) is 1. The third-order valence-corrected chi connectivity index (χ3v) is 6.08. The van der Waals surface area contributed by atoms with Crippen LogP contribution in [0.15, 0.2) is 0 Å². The number of nitrogens with zero attached hydrogens (tertiary/aromatic N) is 5. The van der Waals surface area contributed by atoms with Crippen LogP contribution in [0.4, 0.5) is 5.95 Å². The molecule has 0 amide bonds. The Bertz CT molecular complexity index is 909. The molecular formula is C18H26N6S. The van der Waals surface area contributed by atoms with Gasteiger partial charge in [0.05, 0.1) is 5.39 Å². The fourth-order valence-electron chi connectivity index (χ4n) is 3.63. The van der Waals surface area contributed by atoms with Crippen LogP contribution in [0.2, 0.25) is 0 Å². The number of fused-ring (bicyclic) bond motifs is 5. The lowest BCUT2D eigenvalue weighted by atomic mass is 9.89. The molecule has 6 nitrogen and oxygen atoms in total. The Labute approximate surface area is 152 Å². The van der Waals surface area contributed by atoms with Crippen molar-refractivity contribution in [3.63, 3.8) is 0 Å². The van der Waals surface area contributed by atoms with E-state index < -0.39 is 0 Å². The first-order chi connectivity index (χ1) is 12.0. The quantitative estimate of drug-likeness (QED) is 0.710. The van der Waals surface area contributed by atoms with Gasteiger partial charge in [0, 0.05) is 11.4 Å². The summed E-state index contributed by atoms with van der Waals surface area (Å²) in [6.45, 7) is 6.23. The van der Waals surface area contributed by atoms with Gasteiger partial charge >= 0.3 is 0 Å². The molecular weight excluding hydrogens is 332 g/mol. The van der Waals surface area contributed by atoms with Gasteiger partial charge in [-0.3, -0.25) is 0 Å². The third-order valence-electron chi connectivity index (χ3n) is 4.90. The van der Waals surface area contributed by atoms with Crippen LogP contribution in [0.1, 0.15) is 36.0 Å². The lowest BCUT2D eigenvalue weighted by Crippen LogP contribution is -2.17. The Morgan fingerprint density at radius 1 is 1.32 bits per heavy atom. The molecule has 0 spiro atoms. The summed E-state index contributed by atoms with van der Waals surface area (Å²) in [5, 5.41) is 9.29. The van der Waals surface area contributed by atoms with E-state index in [1.807, 2.05) is 22.8 Å². The van der Waals surface area contributed by atoms with Crippen molar-refractivity contribution >= 4 is 33.1 Å². The van der Waals surface area contributed by atoms with Gasteiger partial charge in [-0.2, -0.15) is 4.52 Å². The maximum absolute atomic E-state index is 4.92. The van der Waals surface area contributed by atoms with E-state index >= 15 is 0 Å². The summed E-state index contributed by atoms with van der Waals surface area (Å²) in [5.41, 5.74) is 2.42. The molecule has 0 fully saturated rings. The number of aromatic nitrogens is 4. The summed E-state index contributed by atoms with van der Waals surface area (Å²) < 4.78 is 1.90. The molecule has 0 bridgehead atoms. The van der Waals surface area contributed by atoms with Crippen LogP contribution in [0.3, 0.4) is 0 Å². The Morgan fingerprint density at radius 2 is 2.16 bits per heavy atom. The first kappa shape index (κ1) is 16.7. The monoisotopic (exact) mass is 358 g/mol. The average molecular weight is 359 g/mol. The fraction of sp³-hybridized carbons (Fsp3) is 0.611. The molecule has 1 aliphatic carbocycles. The molecule has 0 unspecified atom stereocenters. The highest BCUT2D eigenvalue weighted by atomic mass is 32.1. The fourth-order valence-corrected chi connectivity index (χ4v) is 4.84. The van der Waals surface area contributed by atoms with Crippen molar-refractivity contribution in [1.29, 1.82) is 0 Å². The maximum atomic E-state index is 4.92. The van der Waals surface area contributed by atoms with Crippen LogP contribution in [0.25, 0.3) is 15.9 Å². The summed E-state index contributed by atoms with van der Waals surface area (Å²) in [6.07, 6.45) is 4.65. The minimum absolute atomic E-state index is 0.734. The summed E-state index contributed by atoms with van der Waals surface area (Å²) >= 11 is 1.84. The van der Waals surface area contributed by atoms with Gasteiger partial charge in [0.25, 0.3) is 0 Å². The highest BCUT2D eigenvalue weighted by molar-refractivity contribution is 7.19. The predicted octanol–water partition coefficient (Wildman–Crippen LogP) is 3.14. The number of aryl methyl sites for hydroxylation is 2. The van der Waals surface area contributed by atoms with E-state index in [1.165, 1.54) is 28.7 Å². The third kappa shape index (κ3) is 3.11. The lowest BCUT2D eigenvalue weighted by molar-refractivity contribution is 0.405. The van der Waals surface area contributed by atoms with Crippen molar-refractivity contribution in [3.8, 4) is 0 Å². The summed E-state index contributed by atoms with van der Waals surface area (Å²) in [5.74, 6) is 2.35. The van der Waals surface area contributed by atoms with E-state index in [2.05, 4.69) is 36.3 Å². The van der Waals surface area contributed by atoms with Crippen LogP contribution < -0.4 is 5.32 Å². The van der Waals surface area contributed by atoms with E-state index in [0.29, 0.717) is 0 Å². The zero-order chi connectivity index (χ0) is 17.6. The van der Waals surface area contributed by atoms with Crippen molar-refractivity contribution in [2.75, 3.05) is 32.5 Å². The van der Waals surface area contributed by atoms with Crippen molar-refractivity contribution in [3.05, 3.63) is 16.3 Å². The zero-order valence-corrected chi connectivity index (χ0v) is 16.3. The molecule has 1 N–H and O–H groups in total. The lowest BCUT2D eigenvalue weighted by Gasteiger charge is -2.18. The Balaban J connectivity index is 1.76. The second-order valence-electron chi connectivity index (χ2n) is 7.45. The standard InChI is InChI=1S/C18H26N6S/c1-11-6-7-14-13(10-11)15-16-20-12(2)22-24(16)18(21-17(15)25-14)19-8-5-9-23(3)4/h11H,5-10H2,1-4H3,(H,19,21)/t11-/m1/s1. The van der Waals surface area contributed by atoms with Gasteiger partial charge < -0.3 is 10.2 Å². The Kier molecular flexibility index (Phi) is 4.37. The van der Waals surface area contributed by atoms with E-state index in [4.69, 9.17) is 9.97 Å². The molecule has 0 aliphatic heterocycles. The summed E-state index contributed by atoms with van der Waals surface area (Å²) in [6, 6.07) is 0. The van der Waals surface area contributed by atoms with Gasteiger partial charge in [0.1, 0.15) is 10.7 Å². The maximum Gasteiger partial charge on any atom is 0.227 e. The summed E-state index contributed by atoms with van der Waals surface area (Å²) in [7, 11) is 4.20. The van der Waals surface area contributed by atoms with Gasteiger partial charge in [-0.1, -0.05) is 6.92 Å². The van der Waals surface area contributed by atoms with E-state index in [-0.39, 0.29) is 0 Å². The Hall–Kier alpha value is -1.73. The van der Waals surface area contributed by atoms with Crippen molar-refractivity contribution in [2.24, 2.45) is 5.92 Å². The molecule has 7 heteroatoms. The smallest absolute Gasteiger partial charge is 0.227 e. The first-order valence-corrected chi connectivity index (χ1v) is 9.91. The number of hydrogen-bond acceptors (Lipinski definition) is 6. The van der Waals surface area contributed by atoms with Gasteiger partial charge in [-0.15, -0.1) is 16.4 Å². The van der Waals surface area contributed by atoms with Gasteiger partial charge in [0.15, 0.2) is 5.65 Å². The van der Waals surface area contributed by atoms with Crippen LogP contribution >= 0.6 is 11.3 Å². The predicted molar refractivity (Wildman–Crippen MR) is 104 cm³/mol. The number of thiophene rings is 1. The van der Waals surface area contributed by atoms with Gasteiger partial charge in [0.2, 0.25) is 5.95 Å². The van der Waals surface area contributed by atoms with E-state index in [9.17, 15) is 0 Å². The summed E-state index contributed by atoms with van der Waals surface area (Å²) in [4.78, 5) is 14.4. The van der Waals surface area contributed by atoms with E-state index in [0.717, 1.165) is 54.1 Å². The van der Waals surface area contributed by atoms with Crippen LogP contribution in [0.5, 0.6) is 0 Å². The van der Waals surface area contributed by atoms with Crippen molar-refractivity contribution in [1.82, 2.24) is 24.5 Å². The zero-order valence-electron chi connectivity index (χ0n) is 15.5. The molecule has 3 aromatic rings. The normalized spacial score (nSPS) is 17.6. The van der Waals surface area contributed by atoms with Crippen LogP contribution in [-0.2, 0) is 12.8 Å². The number of rotatable bonds is 5. The van der Waals surface area contributed by atoms with E-state index in [1.54, 1.807) is 0 Å². The number of anilines is 1. The van der Waals surface area contributed by atoms with Crippen LogP contribution in [-0.4, -0.2) is 51.7 Å². The molecule has 1 atom stereocenters. The molecule has 3 heterocycles. The molecule has 134 valence electrons. The largest absolute Gasteiger partial charge is 0.354 e. The molecule has 0 saturated heterocycles. The molecule has 25 heavy (non-hydrogen) atoms. The molecule has 3 aromatic heterocycles. The topological polar surface area (TPSA) is 58.4 Å². The molecule has 4 rings (SSSR count). The molecule has 0 aromatic carbocycles.